The Morgan fingerprint density at radius 3 is 2.77 bits per heavy atom. The summed E-state index contributed by atoms with van der Waals surface area (Å²) in [4.78, 5) is 26.7. The molecule has 0 spiro atoms. The highest BCUT2D eigenvalue weighted by atomic mass is 32.1. The monoisotopic (exact) mass is 419 g/mol. The predicted octanol–water partition coefficient (Wildman–Crippen LogP) is 3.39. The summed E-state index contributed by atoms with van der Waals surface area (Å²) in [5.41, 5.74) is 1.47. The summed E-state index contributed by atoms with van der Waals surface area (Å²) >= 11 is 1.71. The lowest BCUT2D eigenvalue weighted by molar-refractivity contribution is 0.717. The van der Waals surface area contributed by atoms with Gasteiger partial charge in [0.15, 0.2) is 0 Å². The summed E-state index contributed by atoms with van der Waals surface area (Å²) in [6, 6.07) is 9.58. The Labute approximate surface area is 177 Å². The number of aromatic nitrogens is 5. The largest absolute Gasteiger partial charge is 0.367 e. The maximum Gasteiger partial charge on any atom is 0.271 e. The highest BCUT2D eigenvalue weighted by Crippen LogP contribution is 2.27. The number of hydrogen-bond acceptors (Lipinski definition) is 8. The summed E-state index contributed by atoms with van der Waals surface area (Å²) in [6.45, 7) is 2.09. The van der Waals surface area contributed by atoms with Gasteiger partial charge in [0.2, 0.25) is 5.95 Å². The van der Waals surface area contributed by atoms with Crippen molar-refractivity contribution in [2.24, 2.45) is 0 Å². The molecule has 1 aliphatic rings. The zero-order valence-corrected chi connectivity index (χ0v) is 17.3. The molecule has 2 N–H and O–H groups in total. The second-order valence-electron chi connectivity index (χ2n) is 7.47. The van der Waals surface area contributed by atoms with Crippen LogP contribution in [0.25, 0.3) is 15.9 Å². The van der Waals surface area contributed by atoms with Crippen LogP contribution >= 0.6 is 11.3 Å². The first kappa shape index (κ1) is 18.7. The lowest BCUT2D eigenvalue weighted by Crippen LogP contribution is -2.22. The molecular weight excluding hydrogens is 398 g/mol. The molecule has 152 valence electrons. The maximum absolute atomic E-state index is 11.9. The quantitative estimate of drug-likeness (QED) is 0.512. The molecule has 4 aromatic heterocycles. The van der Waals surface area contributed by atoms with Crippen LogP contribution in [-0.4, -0.2) is 36.8 Å². The van der Waals surface area contributed by atoms with Gasteiger partial charge in [-0.1, -0.05) is 0 Å². The van der Waals surface area contributed by atoms with E-state index in [1.807, 2.05) is 18.3 Å². The molecular formula is C21H21N7OS. The highest BCUT2D eigenvalue weighted by Gasteiger charge is 2.25. The fraction of sp³-hybridized carbons (Fsp3) is 0.286. The minimum Gasteiger partial charge on any atom is -0.367 e. The van der Waals surface area contributed by atoms with E-state index in [4.69, 9.17) is 0 Å². The highest BCUT2D eigenvalue weighted by molar-refractivity contribution is 7.18. The molecule has 8 nitrogen and oxygen atoms in total. The van der Waals surface area contributed by atoms with Gasteiger partial charge in [-0.3, -0.25) is 4.79 Å². The Morgan fingerprint density at radius 2 is 1.97 bits per heavy atom. The van der Waals surface area contributed by atoms with Crippen LogP contribution in [0.1, 0.15) is 24.1 Å². The van der Waals surface area contributed by atoms with Crippen LogP contribution < -0.4 is 16.2 Å². The van der Waals surface area contributed by atoms with Crippen molar-refractivity contribution < 1.29 is 0 Å². The van der Waals surface area contributed by atoms with Crippen molar-refractivity contribution in [1.82, 2.24) is 24.7 Å². The van der Waals surface area contributed by atoms with Gasteiger partial charge in [-0.15, -0.1) is 11.3 Å². The van der Waals surface area contributed by atoms with Gasteiger partial charge in [-0.2, -0.15) is 9.78 Å². The van der Waals surface area contributed by atoms with Crippen LogP contribution in [0, 0.1) is 6.92 Å². The van der Waals surface area contributed by atoms with Crippen molar-refractivity contribution in [3.8, 4) is 5.69 Å². The van der Waals surface area contributed by atoms with E-state index in [2.05, 4.69) is 43.7 Å². The second kappa shape index (κ2) is 7.83. The second-order valence-corrected chi connectivity index (χ2v) is 8.76. The molecule has 0 bridgehead atoms. The molecule has 1 saturated carbocycles. The molecule has 30 heavy (non-hydrogen) atoms. The number of rotatable bonds is 5. The number of anilines is 2. The molecule has 1 aliphatic carbocycles. The molecule has 0 saturated heterocycles. The van der Waals surface area contributed by atoms with Crippen molar-refractivity contribution in [2.75, 3.05) is 10.6 Å². The number of nitrogens with zero attached hydrogens (tertiary/aromatic N) is 5. The summed E-state index contributed by atoms with van der Waals surface area (Å²) < 4.78 is 2.45. The number of thiophene rings is 1. The van der Waals surface area contributed by atoms with Gasteiger partial charge in [0.1, 0.15) is 5.82 Å². The van der Waals surface area contributed by atoms with Crippen molar-refractivity contribution in [1.29, 1.82) is 0 Å². The maximum atomic E-state index is 11.9. The van der Waals surface area contributed by atoms with E-state index >= 15 is 0 Å². The van der Waals surface area contributed by atoms with Gasteiger partial charge < -0.3 is 10.6 Å². The zero-order valence-electron chi connectivity index (χ0n) is 16.4. The Kier molecular flexibility index (Phi) is 4.88. The van der Waals surface area contributed by atoms with E-state index in [0.29, 0.717) is 23.7 Å². The lowest BCUT2D eigenvalue weighted by atomic mass is 10.2. The lowest BCUT2D eigenvalue weighted by Gasteiger charge is -2.15. The van der Waals surface area contributed by atoms with Crippen LogP contribution in [0.5, 0.6) is 0 Å². The molecule has 0 aliphatic heterocycles. The molecule has 5 rings (SSSR count). The normalized spacial score (nSPS) is 18.6. The fourth-order valence-corrected chi connectivity index (χ4v) is 4.65. The Balaban J connectivity index is 1.20. The molecule has 0 aromatic carbocycles. The third-order valence-corrected chi connectivity index (χ3v) is 6.19. The van der Waals surface area contributed by atoms with Crippen molar-refractivity contribution in [3.05, 3.63) is 64.2 Å². The molecule has 4 heterocycles. The van der Waals surface area contributed by atoms with Gasteiger partial charge in [0, 0.05) is 29.2 Å². The first-order chi connectivity index (χ1) is 14.6. The molecule has 0 unspecified atom stereocenters. The average Bonchev–Trinajstić information content (AvgIpc) is 3.34. The van der Waals surface area contributed by atoms with Gasteiger partial charge in [0.05, 0.1) is 28.3 Å². The molecule has 0 radical (unpaired) electrons. The van der Waals surface area contributed by atoms with E-state index in [0.717, 1.165) is 35.3 Å². The minimum absolute atomic E-state index is 0.178. The summed E-state index contributed by atoms with van der Waals surface area (Å²) in [5, 5.41) is 11.0. The number of pyridine rings is 1. The minimum atomic E-state index is -0.178. The number of nitrogens with one attached hydrogen (secondary N) is 2. The molecule has 0 amide bonds. The average molecular weight is 420 g/mol. The van der Waals surface area contributed by atoms with Crippen LogP contribution in [0.15, 0.2) is 53.7 Å². The molecule has 9 heteroatoms. The topological polar surface area (TPSA) is 97.6 Å². The number of aryl methyl sites for hydroxylation is 1. The Hall–Kier alpha value is -3.33. The van der Waals surface area contributed by atoms with E-state index in [1.54, 1.807) is 29.8 Å². The zero-order chi connectivity index (χ0) is 20.5. The third kappa shape index (κ3) is 3.88. The van der Waals surface area contributed by atoms with E-state index in [-0.39, 0.29) is 5.56 Å². The first-order valence-electron chi connectivity index (χ1n) is 9.91. The fourth-order valence-electron chi connectivity index (χ4n) is 3.82. The summed E-state index contributed by atoms with van der Waals surface area (Å²) in [6.07, 6.45) is 8.19. The van der Waals surface area contributed by atoms with Crippen molar-refractivity contribution in [2.45, 2.75) is 38.3 Å². The SMILES string of the molecule is Cc1cc2nc(N[C@H]3CC[C@H](Nc4ccc(-n5ncccc5=O)cn4)C3)ncc2s1. The molecule has 1 fully saturated rings. The van der Waals surface area contributed by atoms with Crippen LogP contribution in [0.2, 0.25) is 0 Å². The van der Waals surface area contributed by atoms with Crippen molar-refractivity contribution in [3.63, 3.8) is 0 Å². The van der Waals surface area contributed by atoms with Gasteiger partial charge in [-0.05, 0) is 50.5 Å². The van der Waals surface area contributed by atoms with Crippen LogP contribution in [-0.2, 0) is 0 Å². The third-order valence-electron chi connectivity index (χ3n) is 5.22. The summed E-state index contributed by atoms with van der Waals surface area (Å²) in [7, 11) is 0. The van der Waals surface area contributed by atoms with E-state index in [1.165, 1.54) is 15.6 Å². The molecule has 2 atom stereocenters. The van der Waals surface area contributed by atoms with Gasteiger partial charge in [0.25, 0.3) is 5.56 Å². The Bertz CT molecular complexity index is 1230. The molecule has 4 aromatic rings. The van der Waals surface area contributed by atoms with Gasteiger partial charge in [-0.25, -0.2) is 15.0 Å². The van der Waals surface area contributed by atoms with E-state index in [9.17, 15) is 4.79 Å². The van der Waals surface area contributed by atoms with E-state index < -0.39 is 0 Å². The smallest absolute Gasteiger partial charge is 0.271 e. The standard InChI is InChI=1S/C21H21N7OS/c1-13-9-17-18(30-13)12-23-21(27-17)26-15-5-4-14(10-15)25-19-7-6-16(11-22-19)28-20(29)3-2-8-24-28/h2-3,6-9,11-12,14-15H,4-5,10H2,1H3,(H,22,25)(H,23,26,27)/t14-,15-/m0/s1. The number of hydrogen-bond donors (Lipinski definition) is 2. The van der Waals surface area contributed by atoms with Crippen molar-refractivity contribution >= 4 is 33.3 Å². The van der Waals surface area contributed by atoms with Crippen LogP contribution in [0.3, 0.4) is 0 Å². The van der Waals surface area contributed by atoms with Crippen LogP contribution in [0.4, 0.5) is 11.8 Å². The number of fused-ring (bicyclic) bond motifs is 1. The predicted molar refractivity (Wildman–Crippen MR) is 118 cm³/mol. The Morgan fingerprint density at radius 1 is 1.10 bits per heavy atom. The first-order valence-corrected chi connectivity index (χ1v) is 10.7. The van der Waals surface area contributed by atoms with Gasteiger partial charge >= 0.3 is 0 Å². The summed E-state index contributed by atoms with van der Waals surface area (Å²) in [5.74, 6) is 1.48.